The molecule has 0 N–H and O–H groups in total. The third kappa shape index (κ3) is 4.49. The molecule has 126 valence electrons. The zero-order valence-electron chi connectivity index (χ0n) is 13.6. The van der Waals surface area contributed by atoms with Gasteiger partial charge in [0.2, 0.25) is 0 Å². The van der Waals surface area contributed by atoms with Crippen molar-refractivity contribution in [3.05, 3.63) is 58.1 Å². The lowest BCUT2D eigenvalue weighted by molar-refractivity contribution is -0.136. The molecule has 2 rings (SSSR count). The number of carbonyl (C=O) groups is 2. The molecule has 5 nitrogen and oxygen atoms in total. The molecule has 0 heterocycles. The van der Waals surface area contributed by atoms with Crippen molar-refractivity contribution in [2.45, 2.75) is 13.8 Å². The minimum atomic E-state index is -0.550. The van der Waals surface area contributed by atoms with Gasteiger partial charge in [0.15, 0.2) is 6.61 Å². The van der Waals surface area contributed by atoms with Crippen molar-refractivity contribution in [3.63, 3.8) is 0 Å². The van der Waals surface area contributed by atoms with Crippen LogP contribution in [-0.2, 0) is 9.53 Å². The maximum absolute atomic E-state index is 11.8. The van der Waals surface area contributed by atoms with E-state index in [2.05, 4.69) is 4.74 Å². The fourth-order valence-electron chi connectivity index (χ4n) is 2.07. The Morgan fingerprint density at radius 3 is 2.12 bits per heavy atom. The molecule has 0 aliphatic heterocycles. The van der Waals surface area contributed by atoms with Crippen molar-refractivity contribution in [2.75, 3.05) is 13.7 Å². The smallest absolute Gasteiger partial charge is 0.349 e. The van der Waals surface area contributed by atoms with Crippen molar-refractivity contribution in [2.24, 2.45) is 0 Å². The Morgan fingerprint density at radius 2 is 1.58 bits per heavy atom. The van der Waals surface area contributed by atoms with E-state index in [1.807, 2.05) is 13.8 Å². The van der Waals surface area contributed by atoms with Crippen LogP contribution < -0.4 is 9.47 Å². The Bertz CT molecular complexity index is 729. The summed E-state index contributed by atoms with van der Waals surface area (Å²) in [6.07, 6.45) is 0. The molecule has 0 spiro atoms. The Morgan fingerprint density at radius 1 is 1.00 bits per heavy atom. The summed E-state index contributed by atoms with van der Waals surface area (Å²) in [5, 5.41) is 0.677. The lowest BCUT2D eigenvalue weighted by Crippen LogP contribution is -2.17. The molecule has 0 aromatic heterocycles. The van der Waals surface area contributed by atoms with Crippen LogP contribution in [0.5, 0.6) is 11.5 Å². The summed E-state index contributed by atoms with van der Waals surface area (Å²) < 4.78 is 15.2. The first kappa shape index (κ1) is 17.8. The predicted molar refractivity (Wildman–Crippen MR) is 89.8 cm³/mol. The van der Waals surface area contributed by atoms with Gasteiger partial charge in [-0.1, -0.05) is 11.6 Å². The number of methoxy groups -OCH3 is 1. The van der Waals surface area contributed by atoms with Crippen LogP contribution in [0.15, 0.2) is 36.4 Å². The van der Waals surface area contributed by atoms with Crippen molar-refractivity contribution in [1.82, 2.24) is 0 Å². The number of carbonyl (C=O) groups excluding carboxylic acids is 2. The predicted octanol–water partition coefficient (Wildman–Crippen LogP) is 3.73. The molecular formula is C18H17ClO5. The minimum Gasteiger partial charge on any atom is -0.482 e. The fourth-order valence-corrected chi connectivity index (χ4v) is 2.18. The number of hydrogen-bond acceptors (Lipinski definition) is 5. The van der Waals surface area contributed by atoms with Gasteiger partial charge >= 0.3 is 11.9 Å². The SMILES string of the molecule is COC(=O)c1ccc(OC(=O)COc2cc(C)c(Cl)c(C)c2)cc1. The highest BCUT2D eigenvalue weighted by Crippen LogP contribution is 2.25. The topological polar surface area (TPSA) is 61.8 Å². The molecule has 0 fully saturated rings. The number of ether oxygens (including phenoxy) is 3. The average Bonchev–Trinajstić information content (AvgIpc) is 2.57. The van der Waals surface area contributed by atoms with E-state index in [9.17, 15) is 9.59 Å². The van der Waals surface area contributed by atoms with Crippen LogP contribution in [0.3, 0.4) is 0 Å². The second-order valence-electron chi connectivity index (χ2n) is 5.15. The van der Waals surface area contributed by atoms with E-state index < -0.39 is 11.9 Å². The first-order valence-electron chi connectivity index (χ1n) is 7.19. The van der Waals surface area contributed by atoms with Gasteiger partial charge in [-0.3, -0.25) is 0 Å². The van der Waals surface area contributed by atoms with E-state index in [1.165, 1.54) is 31.4 Å². The van der Waals surface area contributed by atoms with E-state index in [-0.39, 0.29) is 6.61 Å². The number of benzene rings is 2. The molecule has 0 saturated heterocycles. The Balaban J connectivity index is 1.93. The third-order valence-electron chi connectivity index (χ3n) is 3.27. The zero-order chi connectivity index (χ0) is 17.7. The van der Waals surface area contributed by atoms with E-state index in [0.717, 1.165) is 11.1 Å². The molecule has 0 radical (unpaired) electrons. The van der Waals surface area contributed by atoms with Crippen LogP contribution in [0.4, 0.5) is 0 Å². The van der Waals surface area contributed by atoms with Crippen LogP contribution in [0.1, 0.15) is 21.5 Å². The molecule has 0 atom stereocenters. The maximum Gasteiger partial charge on any atom is 0.349 e. The quantitative estimate of drug-likeness (QED) is 0.608. The molecule has 0 bridgehead atoms. The summed E-state index contributed by atoms with van der Waals surface area (Å²) in [7, 11) is 1.30. The third-order valence-corrected chi connectivity index (χ3v) is 3.87. The minimum absolute atomic E-state index is 0.237. The van der Waals surface area contributed by atoms with Crippen LogP contribution in [-0.4, -0.2) is 25.7 Å². The van der Waals surface area contributed by atoms with Gasteiger partial charge < -0.3 is 14.2 Å². The van der Waals surface area contributed by atoms with Gasteiger partial charge in [-0.05, 0) is 61.4 Å². The monoisotopic (exact) mass is 348 g/mol. The molecule has 0 amide bonds. The van der Waals surface area contributed by atoms with Gasteiger partial charge in [0.05, 0.1) is 12.7 Å². The Labute approximate surface area is 145 Å². The van der Waals surface area contributed by atoms with Crippen LogP contribution in [0.25, 0.3) is 0 Å². The largest absolute Gasteiger partial charge is 0.482 e. The van der Waals surface area contributed by atoms with Crippen molar-refractivity contribution in [3.8, 4) is 11.5 Å². The number of halogens is 1. The first-order valence-corrected chi connectivity index (χ1v) is 7.57. The average molecular weight is 349 g/mol. The lowest BCUT2D eigenvalue weighted by Gasteiger charge is -2.10. The summed E-state index contributed by atoms with van der Waals surface area (Å²) in [6, 6.07) is 9.57. The van der Waals surface area contributed by atoms with Gasteiger partial charge in [-0.2, -0.15) is 0 Å². The number of aryl methyl sites for hydroxylation is 2. The highest BCUT2D eigenvalue weighted by atomic mass is 35.5. The van der Waals surface area contributed by atoms with Gasteiger partial charge in [0.25, 0.3) is 0 Å². The Kier molecular flexibility index (Phi) is 5.82. The van der Waals surface area contributed by atoms with Gasteiger partial charge in [0, 0.05) is 5.02 Å². The summed E-state index contributed by atoms with van der Waals surface area (Å²) in [5.41, 5.74) is 2.12. The Hall–Kier alpha value is -2.53. The molecule has 0 saturated carbocycles. The number of esters is 2. The molecule has 24 heavy (non-hydrogen) atoms. The van der Waals surface area contributed by atoms with Gasteiger partial charge in [-0.25, -0.2) is 9.59 Å². The van der Waals surface area contributed by atoms with Gasteiger partial charge in [-0.15, -0.1) is 0 Å². The maximum atomic E-state index is 11.8. The normalized spacial score (nSPS) is 10.2. The van der Waals surface area contributed by atoms with Crippen molar-refractivity contribution < 1.29 is 23.8 Å². The van der Waals surface area contributed by atoms with E-state index >= 15 is 0 Å². The molecule has 6 heteroatoms. The fraction of sp³-hybridized carbons (Fsp3) is 0.222. The van der Waals surface area contributed by atoms with Crippen LogP contribution in [0.2, 0.25) is 5.02 Å². The molecule has 2 aromatic carbocycles. The second-order valence-corrected chi connectivity index (χ2v) is 5.53. The standard InChI is InChI=1S/C18H17ClO5/c1-11-8-15(9-12(2)17(11)19)23-10-16(20)24-14-6-4-13(5-7-14)18(21)22-3/h4-9H,10H2,1-3H3. The molecule has 0 aliphatic carbocycles. The molecular weight excluding hydrogens is 332 g/mol. The number of hydrogen-bond donors (Lipinski definition) is 0. The molecule has 0 unspecified atom stereocenters. The highest BCUT2D eigenvalue weighted by molar-refractivity contribution is 6.32. The summed E-state index contributed by atoms with van der Waals surface area (Å²) in [4.78, 5) is 23.2. The number of rotatable bonds is 5. The van der Waals surface area contributed by atoms with Crippen molar-refractivity contribution >= 4 is 23.5 Å². The van der Waals surface area contributed by atoms with Crippen LogP contribution in [0, 0.1) is 13.8 Å². The summed E-state index contributed by atoms with van der Waals surface area (Å²) >= 11 is 6.09. The first-order chi connectivity index (χ1) is 11.4. The summed E-state index contributed by atoms with van der Waals surface area (Å²) in [5.74, 6) is -0.136. The molecule has 0 aliphatic rings. The van der Waals surface area contributed by atoms with E-state index in [1.54, 1.807) is 12.1 Å². The summed E-state index contributed by atoms with van der Waals surface area (Å²) in [6.45, 7) is 3.49. The van der Waals surface area contributed by atoms with E-state index in [4.69, 9.17) is 21.1 Å². The second kappa shape index (κ2) is 7.84. The van der Waals surface area contributed by atoms with E-state index in [0.29, 0.717) is 22.1 Å². The van der Waals surface area contributed by atoms with Gasteiger partial charge in [0.1, 0.15) is 11.5 Å². The molecule has 2 aromatic rings. The van der Waals surface area contributed by atoms with Crippen LogP contribution >= 0.6 is 11.6 Å². The van der Waals surface area contributed by atoms with Crippen molar-refractivity contribution in [1.29, 1.82) is 0 Å². The highest BCUT2D eigenvalue weighted by Gasteiger charge is 2.10. The zero-order valence-corrected chi connectivity index (χ0v) is 14.3. The lowest BCUT2D eigenvalue weighted by atomic mass is 10.1.